The molecule has 1 aliphatic rings. The highest BCUT2D eigenvalue weighted by molar-refractivity contribution is 8.11. The number of allylic oxidation sites excluding steroid dienone is 6. The zero-order valence-electron chi connectivity index (χ0n) is 10.6. The summed E-state index contributed by atoms with van der Waals surface area (Å²) in [7, 11) is 0. The standard InChI is InChI=1S/C14H14N4S/c1-9-4-3-5-10(2)19-11(8-9)12-13-14(15)16-6-7-18(13)17-12/h3-8,17H,1H2,2H3,(H2,15,16)/b4-3-,10-5-,11-8-. The van der Waals surface area contributed by atoms with Crippen LogP contribution in [-0.2, 0) is 0 Å². The fourth-order valence-corrected chi connectivity index (χ4v) is 2.91. The van der Waals surface area contributed by atoms with Crippen molar-refractivity contribution in [2.45, 2.75) is 6.92 Å². The second-order valence-corrected chi connectivity index (χ2v) is 5.63. The average molecular weight is 270 g/mol. The zero-order valence-corrected chi connectivity index (χ0v) is 11.4. The van der Waals surface area contributed by atoms with Gasteiger partial charge in [0.2, 0.25) is 0 Å². The van der Waals surface area contributed by atoms with Crippen molar-refractivity contribution < 1.29 is 0 Å². The van der Waals surface area contributed by atoms with Crippen LogP contribution < -0.4 is 5.73 Å². The third-order valence-electron chi connectivity index (χ3n) is 2.86. The van der Waals surface area contributed by atoms with Gasteiger partial charge in [-0.3, -0.25) is 9.61 Å². The fraction of sp³-hybridized carbons (Fsp3) is 0.0714. The van der Waals surface area contributed by atoms with E-state index >= 15 is 0 Å². The molecule has 0 saturated heterocycles. The molecule has 3 heterocycles. The van der Waals surface area contributed by atoms with E-state index in [0.717, 1.165) is 21.7 Å². The lowest BCUT2D eigenvalue weighted by Gasteiger charge is -2.18. The van der Waals surface area contributed by atoms with E-state index in [4.69, 9.17) is 5.73 Å². The second kappa shape index (κ2) is 4.51. The molecule has 0 amide bonds. The van der Waals surface area contributed by atoms with Crippen molar-refractivity contribution in [1.82, 2.24) is 14.6 Å². The number of H-pyrrole nitrogens is 1. The maximum Gasteiger partial charge on any atom is 0.151 e. The molecule has 1 aliphatic heterocycles. The van der Waals surface area contributed by atoms with Gasteiger partial charge in [-0.2, -0.15) is 0 Å². The first-order valence-corrected chi connectivity index (χ1v) is 6.71. The summed E-state index contributed by atoms with van der Waals surface area (Å²) in [5.74, 6) is 0.530. The van der Waals surface area contributed by atoms with Crippen LogP contribution in [0, 0.1) is 0 Å². The highest BCUT2D eigenvalue weighted by atomic mass is 32.2. The number of hydrogen-bond donors (Lipinski definition) is 2. The summed E-state index contributed by atoms with van der Waals surface area (Å²) < 4.78 is 1.87. The third kappa shape index (κ3) is 2.13. The topological polar surface area (TPSA) is 59.1 Å². The average Bonchev–Trinajstić information content (AvgIpc) is 2.28. The molecule has 2 aromatic heterocycles. The molecule has 5 heteroatoms. The largest absolute Gasteiger partial charge is 0.382 e. The van der Waals surface area contributed by atoms with E-state index in [9.17, 15) is 0 Å². The number of nitrogens with one attached hydrogen (secondary N) is 1. The Morgan fingerprint density at radius 2 is 2.32 bits per heavy atom. The van der Waals surface area contributed by atoms with Crippen molar-refractivity contribution in [2.75, 3.05) is 5.73 Å². The summed E-state index contributed by atoms with van der Waals surface area (Å²) >= 11 is 1.69. The number of nitrogens with zero attached hydrogens (tertiary/aromatic N) is 2. The molecule has 96 valence electrons. The number of fused-ring (bicyclic) bond motifs is 1. The predicted molar refractivity (Wildman–Crippen MR) is 81.6 cm³/mol. The molecule has 0 aliphatic carbocycles. The molecular weight excluding hydrogens is 256 g/mol. The minimum atomic E-state index is 0.530. The first kappa shape index (κ1) is 11.9. The highest BCUT2D eigenvalue weighted by Gasteiger charge is 2.16. The molecule has 0 atom stereocenters. The monoisotopic (exact) mass is 270 g/mol. The van der Waals surface area contributed by atoms with Crippen LogP contribution in [0.4, 0.5) is 5.82 Å². The van der Waals surface area contributed by atoms with Gasteiger partial charge in [0.25, 0.3) is 0 Å². The van der Waals surface area contributed by atoms with Crippen molar-refractivity contribution in [1.29, 1.82) is 0 Å². The molecule has 3 rings (SSSR count). The van der Waals surface area contributed by atoms with Gasteiger partial charge in [0.05, 0.1) is 5.69 Å². The lowest BCUT2D eigenvalue weighted by atomic mass is 10.2. The Bertz CT molecular complexity index is 743. The molecule has 0 bridgehead atoms. The Balaban J connectivity index is 2.10. The third-order valence-corrected chi connectivity index (χ3v) is 3.86. The summed E-state index contributed by atoms with van der Waals surface area (Å²) in [6.07, 6.45) is 11.6. The van der Waals surface area contributed by atoms with Crippen LogP contribution in [0.25, 0.3) is 10.4 Å². The van der Waals surface area contributed by atoms with Gasteiger partial charge in [-0.15, -0.1) is 0 Å². The van der Waals surface area contributed by atoms with Gasteiger partial charge in [-0.1, -0.05) is 36.6 Å². The number of thioether (sulfide) groups is 1. The first-order valence-electron chi connectivity index (χ1n) is 5.89. The molecule has 2 aromatic rings. The molecule has 3 N–H and O–H groups in total. The number of nitrogens with two attached hydrogens (primary N) is 1. The predicted octanol–water partition coefficient (Wildman–Crippen LogP) is 3.35. The van der Waals surface area contributed by atoms with Crippen LogP contribution in [0.2, 0.25) is 0 Å². The van der Waals surface area contributed by atoms with Crippen molar-refractivity contribution >= 4 is 28.0 Å². The molecule has 0 saturated carbocycles. The number of anilines is 1. The molecule has 0 unspecified atom stereocenters. The van der Waals surface area contributed by atoms with E-state index in [1.807, 2.05) is 22.9 Å². The van der Waals surface area contributed by atoms with E-state index < -0.39 is 0 Å². The van der Waals surface area contributed by atoms with Gasteiger partial charge in [-0.05, 0) is 23.5 Å². The molecule has 4 nitrogen and oxygen atoms in total. The zero-order chi connectivity index (χ0) is 13.4. The lowest BCUT2D eigenvalue weighted by molar-refractivity contribution is 0.857. The van der Waals surface area contributed by atoms with Gasteiger partial charge in [0.15, 0.2) is 5.82 Å². The second-order valence-electron chi connectivity index (χ2n) is 4.34. The highest BCUT2D eigenvalue weighted by Crippen LogP contribution is 2.38. The molecule has 0 fully saturated rings. The van der Waals surface area contributed by atoms with Gasteiger partial charge < -0.3 is 5.73 Å². The van der Waals surface area contributed by atoms with Crippen LogP contribution >= 0.6 is 11.8 Å². The number of aromatic nitrogens is 3. The Morgan fingerprint density at radius 3 is 3.11 bits per heavy atom. The van der Waals surface area contributed by atoms with E-state index in [1.165, 1.54) is 4.91 Å². The Hall–Kier alpha value is -2.14. The first-order chi connectivity index (χ1) is 9.15. The van der Waals surface area contributed by atoms with Gasteiger partial charge in [-0.25, -0.2) is 4.98 Å². The maximum atomic E-state index is 5.93. The quantitative estimate of drug-likeness (QED) is 0.835. The molecule has 0 aromatic carbocycles. The molecular formula is C14H14N4S. The van der Waals surface area contributed by atoms with Gasteiger partial charge in [0.1, 0.15) is 5.52 Å². The van der Waals surface area contributed by atoms with Crippen LogP contribution in [0.15, 0.2) is 53.8 Å². The van der Waals surface area contributed by atoms with Gasteiger partial charge >= 0.3 is 0 Å². The van der Waals surface area contributed by atoms with Crippen LogP contribution in [0.1, 0.15) is 12.6 Å². The molecule has 0 spiro atoms. The minimum Gasteiger partial charge on any atom is -0.382 e. The molecule has 0 radical (unpaired) electrons. The summed E-state index contributed by atoms with van der Waals surface area (Å²) in [5, 5.41) is 3.25. The van der Waals surface area contributed by atoms with Crippen LogP contribution in [0.5, 0.6) is 0 Å². The Labute approximate surface area is 115 Å². The number of aromatic amines is 1. The van der Waals surface area contributed by atoms with Gasteiger partial charge in [0, 0.05) is 17.3 Å². The Kier molecular flexibility index (Phi) is 2.83. The van der Waals surface area contributed by atoms with E-state index in [1.54, 1.807) is 18.0 Å². The lowest BCUT2D eigenvalue weighted by Crippen LogP contribution is -2.11. The van der Waals surface area contributed by atoms with E-state index in [-0.39, 0.29) is 0 Å². The fourth-order valence-electron chi connectivity index (χ4n) is 1.96. The summed E-state index contributed by atoms with van der Waals surface area (Å²) in [6, 6.07) is 0. The maximum absolute atomic E-state index is 5.93. The summed E-state index contributed by atoms with van der Waals surface area (Å²) in [6.45, 7) is 6.09. The van der Waals surface area contributed by atoms with Crippen molar-refractivity contribution in [3.8, 4) is 0 Å². The number of rotatable bonds is 1. The SMILES string of the molecule is C=C1/C=C\C=C(\C)S/C(c2[nH]n3ccnc(N)c23)=C\1. The van der Waals surface area contributed by atoms with Crippen molar-refractivity contribution in [3.05, 3.63) is 59.4 Å². The smallest absolute Gasteiger partial charge is 0.151 e. The van der Waals surface area contributed by atoms with Crippen molar-refractivity contribution in [3.63, 3.8) is 0 Å². The normalized spacial score (nSPS) is 23.3. The Morgan fingerprint density at radius 1 is 1.47 bits per heavy atom. The van der Waals surface area contributed by atoms with Crippen LogP contribution in [-0.4, -0.2) is 14.6 Å². The van der Waals surface area contributed by atoms with E-state index in [0.29, 0.717) is 5.82 Å². The van der Waals surface area contributed by atoms with Crippen LogP contribution in [0.3, 0.4) is 0 Å². The van der Waals surface area contributed by atoms with Crippen molar-refractivity contribution in [2.24, 2.45) is 0 Å². The number of nitrogen functional groups attached to an aromatic ring is 1. The van der Waals surface area contributed by atoms with E-state index in [2.05, 4.69) is 35.7 Å². The minimum absolute atomic E-state index is 0.530. The number of hydrogen-bond acceptors (Lipinski definition) is 3. The molecule has 19 heavy (non-hydrogen) atoms. The summed E-state index contributed by atoms with van der Waals surface area (Å²) in [4.78, 5) is 6.44. The summed E-state index contributed by atoms with van der Waals surface area (Å²) in [5.41, 5.74) is 8.81.